The highest BCUT2D eigenvalue weighted by Crippen LogP contribution is 2.20. The van der Waals surface area contributed by atoms with Gasteiger partial charge in [-0.3, -0.25) is 4.79 Å². The lowest BCUT2D eigenvalue weighted by atomic mass is 10.1. The molecule has 100 valence electrons. The molecule has 0 aliphatic carbocycles. The summed E-state index contributed by atoms with van der Waals surface area (Å²) >= 11 is 2.95. The minimum absolute atomic E-state index is 0.234. The highest BCUT2D eigenvalue weighted by molar-refractivity contribution is 9.10. The van der Waals surface area contributed by atoms with Crippen molar-refractivity contribution in [2.45, 2.75) is 13.0 Å². The summed E-state index contributed by atoms with van der Waals surface area (Å²) in [5.74, 6) is -2.16. The fourth-order valence-corrected chi connectivity index (χ4v) is 2.01. The average Bonchev–Trinajstić information content (AvgIpc) is 2.80. The van der Waals surface area contributed by atoms with Crippen LogP contribution in [0.1, 0.15) is 29.1 Å². The number of hydrogen-bond donors (Lipinski definition) is 2. The van der Waals surface area contributed by atoms with Gasteiger partial charge in [-0.2, -0.15) is 0 Å². The van der Waals surface area contributed by atoms with Crippen LogP contribution in [0.15, 0.2) is 29.0 Å². The zero-order valence-corrected chi connectivity index (χ0v) is 11.5. The lowest BCUT2D eigenvalue weighted by Crippen LogP contribution is -2.29. The first-order chi connectivity index (χ1) is 8.99. The Balaban J connectivity index is 2.21. The van der Waals surface area contributed by atoms with Gasteiger partial charge >= 0.3 is 0 Å². The van der Waals surface area contributed by atoms with Crippen LogP contribution in [0.5, 0.6) is 0 Å². The van der Waals surface area contributed by atoms with Crippen LogP contribution >= 0.6 is 15.9 Å². The number of amides is 1. The molecule has 0 bridgehead atoms. The smallest absolute Gasteiger partial charge is 0.257 e. The van der Waals surface area contributed by atoms with E-state index in [0.717, 1.165) is 12.1 Å². The van der Waals surface area contributed by atoms with Crippen molar-refractivity contribution < 1.29 is 13.6 Å². The van der Waals surface area contributed by atoms with Gasteiger partial charge in [-0.25, -0.2) is 13.8 Å². The molecule has 2 aromatic rings. The molecule has 1 unspecified atom stereocenters. The maximum atomic E-state index is 13.6. The van der Waals surface area contributed by atoms with Gasteiger partial charge in [0.1, 0.15) is 23.0 Å². The molecule has 1 atom stereocenters. The van der Waals surface area contributed by atoms with Crippen molar-refractivity contribution in [3.05, 3.63) is 52.0 Å². The largest absolute Gasteiger partial charge is 0.347 e. The zero-order chi connectivity index (χ0) is 14.0. The SMILES string of the molecule is CC(NC(=O)c1c(F)cc(Br)cc1F)c1ncc[nH]1. The number of carbonyl (C=O) groups excluding carboxylic acids is 1. The van der Waals surface area contributed by atoms with Gasteiger partial charge in [0.2, 0.25) is 0 Å². The second kappa shape index (κ2) is 5.48. The van der Waals surface area contributed by atoms with Crippen molar-refractivity contribution in [3.63, 3.8) is 0 Å². The van der Waals surface area contributed by atoms with Crippen LogP contribution in [0.4, 0.5) is 8.78 Å². The summed E-state index contributed by atoms with van der Waals surface area (Å²) < 4.78 is 27.4. The number of nitrogens with one attached hydrogen (secondary N) is 2. The molecule has 19 heavy (non-hydrogen) atoms. The number of rotatable bonds is 3. The van der Waals surface area contributed by atoms with E-state index in [2.05, 4.69) is 31.2 Å². The molecular formula is C12H10BrF2N3O. The van der Waals surface area contributed by atoms with E-state index in [1.54, 1.807) is 13.1 Å². The van der Waals surface area contributed by atoms with E-state index < -0.39 is 29.1 Å². The lowest BCUT2D eigenvalue weighted by molar-refractivity contribution is 0.0930. The molecule has 0 aliphatic heterocycles. The molecule has 1 aromatic heterocycles. The van der Waals surface area contributed by atoms with E-state index >= 15 is 0 Å². The van der Waals surface area contributed by atoms with Gasteiger partial charge in [-0.1, -0.05) is 15.9 Å². The van der Waals surface area contributed by atoms with E-state index in [0.29, 0.717) is 5.82 Å². The van der Waals surface area contributed by atoms with Gasteiger partial charge in [-0.05, 0) is 19.1 Å². The van der Waals surface area contributed by atoms with E-state index in [-0.39, 0.29) is 4.47 Å². The van der Waals surface area contributed by atoms with Gasteiger partial charge in [0.15, 0.2) is 0 Å². The summed E-state index contributed by atoms with van der Waals surface area (Å²) in [6.45, 7) is 1.66. The molecule has 2 N–H and O–H groups in total. The molecule has 0 aliphatic rings. The monoisotopic (exact) mass is 329 g/mol. The molecule has 4 nitrogen and oxygen atoms in total. The summed E-state index contributed by atoms with van der Waals surface area (Å²) in [5.41, 5.74) is -0.610. The Morgan fingerprint density at radius 2 is 2.05 bits per heavy atom. The summed E-state index contributed by atoms with van der Waals surface area (Å²) in [6.07, 6.45) is 3.12. The van der Waals surface area contributed by atoms with Crippen molar-refractivity contribution in [1.82, 2.24) is 15.3 Å². The summed E-state index contributed by atoms with van der Waals surface area (Å²) in [6, 6.07) is 1.59. The first-order valence-electron chi connectivity index (χ1n) is 5.43. The second-order valence-corrected chi connectivity index (χ2v) is 4.83. The molecule has 7 heteroatoms. The number of H-pyrrole nitrogens is 1. The normalized spacial score (nSPS) is 12.2. The molecular weight excluding hydrogens is 320 g/mol. The highest BCUT2D eigenvalue weighted by atomic mass is 79.9. The number of halogens is 3. The third kappa shape index (κ3) is 2.98. The van der Waals surface area contributed by atoms with Crippen molar-refractivity contribution in [3.8, 4) is 0 Å². The number of imidazole rings is 1. The minimum atomic E-state index is -0.920. The first kappa shape index (κ1) is 13.7. The van der Waals surface area contributed by atoms with E-state index in [9.17, 15) is 13.6 Å². The van der Waals surface area contributed by atoms with Crippen LogP contribution in [0, 0.1) is 11.6 Å². The standard InChI is InChI=1S/C12H10BrF2N3O/c1-6(11-16-2-3-17-11)18-12(19)10-8(14)4-7(13)5-9(10)15/h2-6H,1H3,(H,16,17)(H,18,19). The van der Waals surface area contributed by atoms with E-state index in [1.165, 1.54) is 6.20 Å². The summed E-state index contributed by atoms with van der Waals surface area (Å²) in [4.78, 5) is 18.6. The molecule has 1 heterocycles. The van der Waals surface area contributed by atoms with Gasteiger partial charge in [-0.15, -0.1) is 0 Å². The summed E-state index contributed by atoms with van der Waals surface area (Å²) in [7, 11) is 0. The van der Waals surface area contributed by atoms with Gasteiger partial charge in [0, 0.05) is 16.9 Å². The number of carbonyl (C=O) groups is 1. The van der Waals surface area contributed by atoms with Gasteiger partial charge in [0.05, 0.1) is 6.04 Å². The Labute approximate surface area is 116 Å². The van der Waals surface area contributed by atoms with Crippen molar-refractivity contribution in [2.24, 2.45) is 0 Å². The Morgan fingerprint density at radius 3 is 2.58 bits per heavy atom. The molecule has 2 rings (SSSR count). The van der Waals surface area contributed by atoms with Crippen molar-refractivity contribution in [1.29, 1.82) is 0 Å². The van der Waals surface area contributed by atoms with Crippen molar-refractivity contribution >= 4 is 21.8 Å². The maximum absolute atomic E-state index is 13.6. The van der Waals surface area contributed by atoms with E-state index in [4.69, 9.17) is 0 Å². The number of nitrogens with zero attached hydrogens (tertiary/aromatic N) is 1. The quantitative estimate of drug-likeness (QED) is 0.909. The predicted octanol–water partition coefficient (Wildman–Crippen LogP) is 2.94. The Morgan fingerprint density at radius 1 is 1.42 bits per heavy atom. The van der Waals surface area contributed by atoms with Gasteiger partial charge < -0.3 is 10.3 Å². The fourth-order valence-electron chi connectivity index (χ4n) is 1.61. The molecule has 0 fully saturated rings. The molecule has 0 saturated carbocycles. The molecule has 0 radical (unpaired) electrons. The van der Waals surface area contributed by atoms with Crippen LogP contribution in [0.3, 0.4) is 0 Å². The summed E-state index contributed by atoms with van der Waals surface area (Å²) in [5, 5.41) is 2.47. The molecule has 0 spiro atoms. The topological polar surface area (TPSA) is 57.8 Å². The Hall–Kier alpha value is -1.76. The maximum Gasteiger partial charge on any atom is 0.257 e. The number of aromatic amines is 1. The molecule has 0 saturated heterocycles. The van der Waals surface area contributed by atoms with Gasteiger partial charge in [0.25, 0.3) is 5.91 Å². The Bertz CT molecular complexity index is 578. The number of hydrogen-bond acceptors (Lipinski definition) is 2. The second-order valence-electron chi connectivity index (χ2n) is 3.91. The third-order valence-electron chi connectivity index (χ3n) is 2.51. The van der Waals surface area contributed by atoms with Crippen LogP contribution in [0.2, 0.25) is 0 Å². The minimum Gasteiger partial charge on any atom is -0.347 e. The van der Waals surface area contributed by atoms with E-state index in [1.807, 2.05) is 0 Å². The molecule has 1 aromatic carbocycles. The third-order valence-corrected chi connectivity index (χ3v) is 2.97. The molecule has 1 amide bonds. The zero-order valence-electron chi connectivity index (χ0n) is 9.88. The fraction of sp³-hybridized carbons (Fsp3) is 0.167. The average molecular weight is 330 g/mol. The Kier molecular flexibility index (Phi) is 3.94. The number of benzene rings is 1. The number of aromatic nitrogens is 2. The van der Waals surface area contributed by atoms with Crippen LogP contribution in [-0.4, -0.2) is 15.9 Å². The first-order valence-corrected chi connectivity index (χ1v) is 6.23. The lowest BCUT2D eigenvalue weighted by Gasteiger charge is -2.12. The van der Waals surface area contributed by atoms with Crippen molar-refractivity contribution in [2.75, 3.05) is 0 Å². The highest BCUT2D eigenvalue weighted by Gasteiger charge is 2.20. The van der Waals surface area contributed by atoms with Crippen LogP contribution in [-0.2, 0) is 0 Å². The predicted molar refractivity (Wildman–Crippen MR) is 68.5 cm³/mol. The van der Waals surface area contributed by atoms with Crippen LogP contribution in [0.25, 0.3) is 0 Å². The van der Waals surface area contributed by atoms with Crippen LogP contribution < -0.4 is 5.32 Å².